The van der Waals surface area contributed by atoms with Gasteiger partial charge < -0.3 is 14.6 Å². The fourth-order valence-electron chi connectivity index (χ4n) is 2.33. The molecule has 174 valence electrons. The number of rotatable bonds is 5. The Kier molecular flexibility index (Phi) is 7.89. The molecule has 0 aromatic heterocycles. The van der Waals surface area contributed by atoms with E-state index in [0.717, 1.165) is 0 Å². The number of halogens is 3. The van der Waals surface area contributed by atoms with Gasteiger partial charge in [0.05, 0.1) is 20.6 Å². The van der Waals surface area contributed by atoms with Gasteiger partial charge in [-0.2, -0.15) is 21.6 Å². The molecule has 10 nitrogen and oxygen atoms in total. The zero-order chi connectivity index (χ0) is 24.2. The molecule has 0 aliphatic rings. The second-order valence-electron chi connectivity index (χ2n) is 7.04. The van der Waals surface area contributed by atoms with Gasteiger partial charge in [0.2, 0.25) is 11.9 Å². The number of hydrogen-bond donors (Lipinski definition) is 2. The lowest BCUT2D eigenvalue weighted by molar-refractivity contribution is -0.119. The monoisotopic (exact) mass is 469 g/mol. The number of ether oxygens (including phenoxy) is 2. The predicted octanol–water partition coefficient (Wildman–Crippen LogP) is 2.35. The van der Waals surface area contributed by atoms with Crippen LogP contribution in [0.3, 0.4) is 0 Å². The maximum absolute atomic E-state index is 12.8. The first-order valence-electron chi connectivity index (χ1n) is 8.48. The summed E-state index contributed by atoms with van der Waals surface area (Å²) in [4.78, 5) is 24.2. The molecule has 0 atom stereocenters. The summed E-state index contributed by atoms with van der Waals surface area (Å²) >= 11 is 0. The van der Waals surface area contributed by atoms with Gasteiger partial charge in [-0.25, -0.2) is 9.69 Å². The standard InChI is InChI=1S/C17H22F3N3O7S/c1-16(2,3)23(15(25)26)14(22-31(27,28)17(18,19)20)21-13(24)9-10-6-7-11(29-4)12(8-10)30-5/h6-8H,9H2,1-5H3,(H,25,26)(H,21,22,24). The van der Waals surface area contributed by atoms with Crippen molar-refractivity contribution in [2.45, 2.75) is 38.2 Å². The minimum Gasteiger partial charge on any atom is -0.493 e. The van der Waals surface area contributed by atoms with Crippen molar-refractivity contribution in [2.24, 2.45) is 4.40 Å². The molecule has 0 radical (unpaired) electrons. The molecule has 0 bridgehead atoms. The van der Waals surface area contributed by atoms with Gasteiger partial charge >= 0.3 is 21.6 Å². The van der Waals surface area contributed by atoms with E-state index in [2.05, 4.69) is 4.40 Å². The van der Waals surface area contributed by atoms with Gasteiger partial charge in [0.15, 0.2) is 11.5 Å². The fraction of sp³-hybridized carbons (Fsp3) is 0.471. The molecule has 0 heterocycles. The number of alkyl halides is 3. The summed E-state index contributed by atoms with van der Waals surface area (Å²) < 4.78 is 74.1. The first-order chi connectivity index (χ1) is 14.0. The van der Waals surface area contributed by atoms with Crippen LogP contribution in [0, 0.1) is 0 Å². The Balaban J connectivity index is 3.36. The van der Waals surface area contributed by atoms with E-state index in [-0.39, 0.29) is 10.6 Å². The Hall–Kier alpha value is -3.03. The van der Waals surface area contributed by atoms with Crippen molar-refractivity contribution in [1.29, 1.82) is 0 Å². The zero-order valence-corrected chi connectivity index (χ0v) is 18.1. The predicted molar refractivity (Wildman–Crippen MR) is 103 cm³/mol. The summed E-state index contributed by atoms with van der Waals surface area (Å²) in [5.74, 6) is -1.69. The fourth-order valence-corrected chi connectivity index (χ4v) is 2.78. The Morgan fingerprint density at radius 1 is 1.13 bits per heavy atom. The van der Waals surface area contributed by atoms with Gasteiger partial charge in [0.25, 0.3) is 0 Å². The summed E-state index contributed by atoms with van der Waals surface area (Å²) in [6.45, 7) is 3.83. The molecule has 1 rings (SSSR count). The molecule has 0 unspecified atom stereocenters. The van der Waals surface area contributed by atoms with Gasteiger partial charge in [-0.15, -0.1) is 4.40 Å². The molecular weight excluding hydrogens is 447 g/mol. The van der Waals surface area contributed by atoms with Crippen molar-refractivity contribution in [3.05, 3.63) is 23.8 Å². The number of methoxy groups -OCH3 is 2. The molecule has 0 aliphatic carbocycles. The van der Waals surface area contributed by atoms with Crippen molar-refractivity contribution in [3.8, 4) is 11.5 Å². The Morgan fingerprint density at radius 3 is 2.10 bits per heavy atom. The summed E-state index contributed by atoms with van der Waals surface area (Å²) in [6, 6.07) is 4.35. The quantitative estimate of drug-likeness (QED) is 0.499. The number of nitrogens with zero attached hydrogens (tertiary/aromatic N) is 2. The van der Waals surface area contributed by atoms with E-state index >= 15 is 0 Å². The maximum Gasteiger partial charge on any atom is 0.518 e. The number of nitrogens with one attached hydrogen (secondary N) is 1. The molecule has 14 heteroatoms. The summed E-state index contributed by atoms with van der Waals surface area (Å²) in [6.07, 6.45) is -2.28. The largest absolute Gasteiger partial charge is 0.518 e. The number of hydrogen-bond acceptors (Lipinski definition) is 6. The number of carbonyl (C=O) groups excluding carboxylic acids is 1. The molecule has 0 spiro atoms. The van der Waals surface area contributed by atoms with E-state index in [9.17, 15) is 36.3 Å². The van der Waals surface area contributed by atoms with Crippen LogP contribution in [-0.2, 0) is 21.2 Å². The number of guanidine groups is 1. The highest BCUT2D eigenvalue weighted by molar-refractivity contribution is 7.91. The van der Waals surface area contributed by atoms with Gasteiger partial charge in [-0.05, 0) is 38.5 Å². The lowest BCUT2D eigenvalue weighted by atomic mass is 10.1. The molecule has 31 heavy (non-hydrogen) atoms. The van der Waals surface area contributed by atoms with Crippen LogP contribution >= 0.6 is 0 Å². The molecule has 0 aliphatic heterocycles. The highest BCUT2D eigenvalue weighted by Crippen LogP contribution is 2.28. The van der Waals surface area contributed by atoms with E-state index in [1.807, 2.05) is 5.32 Å². The first-order valence-corrected chi connectivity index (χ1v) is 9.92. The van der Waals surface area contributed by atoms with Crippen LogP contribution in [-0.4, -0.2) is 61.7 Å². The van der Waals surface area contributed by atoms with Crippen LogP contribution in [0.1, 0.15) is 26.3 Å². The first kappa shape index (κ1) is 26.0. The lowest BCUT2D eigenvalue weighted by Crippen LogP contribution is -2.55. The van der Waals surface area contributed by atoms with Crippen molar-refractivity contribution >= 4 is 28.0 Å². The van der Waals surface area contributed by atoms with Crippen LogP contribution in [0.2, 0.25) is 0 Å². The SMILES string of the molecule is COc1ccc(CC(=O)N/C(=N/S(=O)(=O)C(F)(F)F)N(C(=O)O)C(C)(C)C)cc1OC. The van der Waals surface area contributed by atoms with Crippen LogP contribution in [0.25, 0.3) is 0 Å². The Bertz CT molecular complexity index is 970. The summed E-state index contributed by atoms with van der Waals surface area (Å²) in [5, 5.41) is 11.2. The minimum absolute atomic E-state index is 0.211. The highest BCUT2D eigenvalue weighted by atomic mass is 32.2. The molecule has 0 saturated carbocycles. The van der Waals surface area contributed by atoms with Crippen molar-refractivity contribution < 1.29 is 45.8 Å². The average Bonchev–Trinajstić information content (AvgIpc) is 2.58. The van der Waals surface area contributed by atoms with Crippen LogP contribution in [0.5, 0.6) is 11.5 Å². The van der Waals surface area contributed by atoms with E-state index in [1.165, 1.54) is 53.2 Å². The number of carboxylic acid groups (broad SMARTS) is 1. The average molecular weight is 469 g/mol. The third kappa shape index (κ3) is 6.73. The van der Waals surface area contributed by atoms with Gasteiger partial charge in [-0.3, -0.25) is 10.1 Å². The van der Waals surface area contributed by atoms with E-state index in [1.54, 1.807) is 0 Å². The normalized spacial score (nSPS) is 12.8. The zero-order valence-electron chi connectivity index (χ0n) is 17.3. The number of amides is 2. The third-order valence-corrected chi connectivity index (χ3v) is 4.64. The van der Waals surface area contributed by atoms with Crippen LogP contribution in [0.15, 0.2) is 22.6 Å². The topological polar surface area (TPSA) is 135 Å². The second kappa shape index (κ2) is 9.41. The van der Waals surface area contributed by atoms with Gasteiger partial charge in [0, 0.05) is 5.54 Å². The second-order valence-corrected chi connectivity index (χ2v) is 8.63. The molecule has 0 saturated heterocycles. The van der Waals surface area contributed by atoms with Crippen molar-refractivity contribution in [1.82, 2.24) is 10.2 Å². The molecule has 0 fully saturated rings. The lowest BCUT2D eigenvalue weighted by Gasteiger charge is -2.33. The smallest absolute Gasteiger partial charge is 0.493 e. The number of sulfonamides is 1. The maximum atomic E-state index is 12.8. The van der Waals surface area contributed by atoms with Gasteiger partial charge in [0.1, 0.15) is 0 Å². The van der Waals surface area contributed by atoms with E-state index < -0.39 is 45.5 Å². The van der Waals surface area contributed by atoms with Crippen LogP contribution in [0.4, 0.5) is 18.0 Å². The van der Waals surface area contributed by atoms with E-state index in [0.29, 0.717) is 11.3 Å². The number of benzene rings is 1. The Morgan fingerprint density at radius 2 is 1.68 bits per heavy atom. The number of carbonyl (C=O) groups is 2. The molecule has 2 N–H and O–H groups in total. The van der Waals surface area contributed by atoms with Crippen molar-refractivity contribution in [2.75, 3.05) is 14.2 Å². The van der Waals surface area contributed by atoms with Crippen molar-refractivity contribution in [3.63, 3.8) is 0 Å². The minimum atomic E-state index is -6.14. The van der Waals surface area contributed by atoms with E-state index in [4.69, 9.17) is 9.47 Å². The molecular formula is C17H22F3N3O7S. The molecule has 1 aromatic carbocycles. The van der Waals surface area contributed by atoms with Crippen LogP contribution < -0.4 is 14.8 Å². The highest BCUT2D eigenvalue weighted by Gasteiger charge is 2.47. The third-order valence-electron chi connectivity index (χ3n) is 3.64. The molecule has 1 aromatic rings. The Labute approximate surface area is 176 Å². The summed E-state index contributed by atoms with van der Waals surface area (Å²) in [7, 11) is -3.40. The van der Waals surface area contributed by atoms with Gasteiger partial charge in [-0.1, -0.05) is 6.07 Å². The molecule has 2 amide bonds. The summed E-state index contributed by atoms with van der Waals surface area (Å²) in [5.41, 5.74) is -6.91.